The van der Waals surface area contributed by atoms with Crippen LogP contribution in [-0.4, -0.2) is 26.2 Å². The Morgan fingerprint density at radius 2 is 2.05 bits per heavy atom. The van der Waals surface area contributed by atoms with Crippen molar-refractivity contribution < 1.29 is 9.53 Å². The summed E-state index contributed by atoms with van der Waals surface area (Å²) < 4.78 is 5.18. The van der Waals surface area contributed by atoms with Crippen molar-refractivity contribution in [1.29, 1.82) is 0 Å². The van der Waals surface area contributed by atoms with Gasteiger partial charge in [-0.25, -0.2) is 0 Å². The smallest absolute Gasteiger partial charge is 0.228 e. The summed E-state index contributed by atoms with van der Waals surface area (Å²) in [5.41, 5.74) is 0.994. The van der Waals surface area contributed by atoms with Crippen LogP contribution in [0.15, 0.2) is 24.3 Å². The van der Waals surface area contributed by atoms with Crippen molar-refractivity contribution in [3.05, 3.63) is 34.9 Å². The highest BCUT2D eigenvalue weighted by atomic mass is 35.5. The number of ether oxygens (including phenoxy) is 1. The first-order chi connectivity index (χ1) is 9.66. The fourth-order valence-electron chi connectivity index (χ4n) is 2.65. The van der Waals surface area contributed by atoms with E-state index < -0.39 is 0 Å². The maximum absolute atomic E-state index is 12.2. The highest BCUT2D eigenvalue weighted by molar-refractivity contribution is 6.30. The molecule has 0 unspecified atom stereocenters. The zero-order valence-electron chi connectivity index (χ0n) is 12.0. The summed E-state index contributed by atoms with van der Waals surface area (Å²) in [5.74, 6) is 0.154. The van der Waals surface area contributed by atoms with E-state index in [9.17, 15) is 4.79 Å². The zero-order valence-corrected chi connectivity index (χ0v) is 12.7. The topological polar surface area (TPSA) is 38.3 Å². The summed E-state index contributed by atoms with van der Waals surface area (Å²) in [4.78, 5) is 12.2. The second-order valence-electron chi connectivity index (χ2n) is 5.55. The van der Waals surface area contributed by atoms with E-state index in [1.807, 2.05) is 24.3 Å². The van der Waals surface area contributed by atoms with Crippen molar-refractivity contribution in [2.45, 2.75) is 32.1 Å². The summed E-state index contributed by atoms with van der Waals surface area (Å²) in [6.45, 7) is 1.25. The molecule has 1 aromatic carbocycles. The fourth-order valence-corrected chi connectivity index (χ4v) is 2.78. The van der Waals surface area contributed by atoms with E-state index in [4.69, 9.17) is 16.3 Å². The van der Waals surface area contributed by atoms with E-state index in [0.29, 0.717) is 13.2 Å². The predicted molar refractivity (Wildman–Crippen MR) is 80.9 cm³/mol. The van der Waals surface area contributed by atoms with Crippen molar-refractivity contribution >= 4 is 17.5 Å². The second-order valence-corrected chi connectivity index (χ2v) is 5.99. The summed E-state index contributed by atoms with van der Waals surface area (Å²) in [5, 5.41) is 3.80. The van der Waals surface area contributed by atoms with Crippen molar-refractivity contribution in [3.63, 3.8) is 0 Å². The van der Waals surface area contributed by atoms with E-state index in [1.54, 1.807) is 7.11 Å². The van der Waals surface area contributed by atoms with E-state index >= 15 is 0 Å². The summed E-state index contributed by atoms with van der Waals surface area (Å²) in [7, 11) is 1.66. The monoisotopic (exact) mass is 295 g/mol. The zero-order chi connectivity index (χ0) is 14.4. The lowest BCUT2D eigenvalue weighted by Crippen LogP contribution is -2.48. The van der Waals surface area contributed by atoms with Gasteiger partial charge in [0.1, 0.15) is 0 Å². The van der Waals surface area contributed by atoms with Gasteiger partial charge in [-0.2, -0.15) is 0 Å². The molecule has 3 nitrogen and oxygen atoms in total. The lowest BCUT2D eigenvalue weighted by molar-refractivity contribution is -0.140. The standard InChI is InChI=1S/C16H22ClNO2/c1-20-12-16(9-3-10-16)15(19)18-11-2-4-13-5-7-14(17)8-6-13/h5-8H,2-4,9-12H2,1H3,(H,18,19). The number of rotatable bonds is 7. The number of benzene rings is 1. The highest BCUT2D eigenvalue weighted by Gasteiger charge is 2.43. The molecule has 1 aliphatic carbocycles. The molecule has 0 bridgehead atoms. The van der Waals surface area contributed by atoms with Gasteiger partial charge in [-0.05, 0) is 43.4 Å². The Hall–Kier alpha value is -1.06. The Bertz CT molecular complexity index is 440. The van der Waals surface area contributed by atoms with Gasteiger partial charge in [0.05, 0.1) is 12.0 Å². The van der Waals surface area contributed by atoms with Crippen LogP contribution in [0, 0.1) is 5.41 Å². The molecule has 0 saturated heterocycles. The molecule has 1 N–H and O–H groups in total. The summed E-state index contributed by atoms with van der Waals surface area (Å²) >= 11 is 5.85. The van der Waals surface area contributed by atoms with E-state index in [-0.39, 0.29) is 11.3 Å². The lowest BCUT2D eigenvalue weighted by atomic mass is 9.68. The lowest BCUT2D eigenvalue weighted by Gasteiger charge is -2.39. The van der Waals surface area contributed by atoms with Gasteiger partial charge in [0.25, 0.3) is 0 Å². The van der Waals surface area contributed by atoms with E-state index in [2.05, 4.69) is 5.32 Å². The van der Waals surface area contributed by atoms with Gasteiger partial charge in [0, 0.05) is 18.7 Å². The third kappa shape index (κ3) is 3.74. The van der Waals surface area contributed by atoms with Gasteiger partial charge in [0.15, 0.2) is 0 Å². The van der Waals surface area contributed by atoms with Gasteiger partial charge in [0.2, 0.25) is 5.91 Å². The Labute approximate surface area is 125 Å². The molecule has 0 aromatic heterocycles. The van der Waals surface area contributed by atoms with Crippen LogP contribution in [0.3, 0.4) is 0 Å². The van der Waals surface area contributed by atoms with Crippen LogP contribution >= 0.6 is 11.6 Å². The molecule has 1 fully saturated rings. The van der Waals surface area contributed by atoms with Crippen LogP contribution in [0.5, 0.6) is 0 Å². The minimum absolute atomic E-state index is 0.154. The molecule has 0 radical (unpaired) electrons. The second kappa shape index (κ2) is 7.09. The Morgan fingerprint density at radius 1 is 1.35 bits per heavy atom. The number of nitrogens with one attached hydrogen (secondary N) is 1. The first kappa shape index (κ1) is 15.3. The molecule has 0 spiro atoms. The number of hydrogen-bond acceptors (Lipinski definition) is 2. The largest absolute Gasteiger partial charge is 0.384 e. The third-order valence-electron chi connectivity index (χ3n) is 4.05. The van der Waals surface area contributed by atoms with E-state index in [1.165, 1.54) is 5.56 Å². The molecular weight excluding hydrogens is 274 g/mol. The van der Waals surface area contributed by atoms with Crippen LogP contribution in [0.25, 0.3) is 0 Å². The quantitative estimate of drug-likeness (QED) is 0.785. The fraction of sp³-hybridized carbons (Fsp3) is 0.562. The van der Waals surface area contributed by atoms with E-state index in [0.717, 1.165) is 37.1 Å². The number of carbonyl (C=O) groups is 1. The maximum atomic E-state index is 12.2. The molecule has 0 atom stereocenters. The Kier molecular flexibility index (Phi) is 5.44. The summed E-state index contributed by atoms with van der Waals surface area (Å²) in [6.07, 6.45) is 4.92. The Balaban J connectivity index is 1.70. The minimum Gasteiger partial charge on any atom is -0.384 e. The number of aryl methyl sites for hydroxylation is 1. The van der Waals surface area contributed by atoms with Crippen molar-refractivity contribution in [2.24, 2.45) is 5.41 Å². The molecule has 1 aliphatic rings. The molecule has 1 aromatic rings. The number of halogens is 1. The predicted octanol–water partition coefficient (Wildman–Crippen LogP) is 3.21. The first-order valence-electron chi connectivity index (χ1n) is 7.18. The van der Waals surface area contributed by atoms with Crippen LogP contribution in [-0.2, 0) is 16.0 Å². The van der Waals surface area contributed by atoms with Gasteiger partial charge in [-0.15, -0.1) is 0 Å². The molecule has 1 saturated carbocycles. The molecule has 110 valence electrons. The van der Waals surface area contributed by atoms with Gasteiger partial charge in [-0.3, -0.25) is 4.79 Å². The number of methoxy groups -OCH3 is 1. The average molecular weight is 296 g/mol. The molecular formula is C16H22ClNO2. The van der Waals surface area contributed by atoms with Crippen LogP contribution in [0.1, 0.15) is 31.2 Å². The van der Waals surface area contributed by atoms with Crippen LogP contribution in [0.2, 0.25) is 5.02 Å². The number of carbonyl (C=O) groups excluding carboxylic acids is 1. The van der Waals surface area contributed by atoms with Crippen LogP contribution in [0.4, 0.5) is 0 Å². The van der Waals surface area contributed by atoms with Gasteiger partial charge >= 0.3 is 0 Å². The summed E-state index contributed by atoms with van der Waals surface area (Å²) in [6, 6.07) is 7.86. The molecule has 4 heteroatoms. The van der Waals surface area contributed by atoms with Crippen molar-refractivity contribution in [3.8, 4) is 0 Å². The van der Waals surface area contributed by atoms with Gasteiger partial charge < -0.3 is 10.1 Å². The number of amides is 1. The maximum Gasteiger partial charge on any atom is 0.228 e. The average Bonchev–Trinajstić information content (AvgIpc) is 2.40. The highest BCUT2D eigenvalue weighted by Crippen LogP contribution is 2.41. The normalized spacial score (nSPS) is 16.5. The van der Waals surface area contributed by atoms with Crippen molar-refractivity contribution in [2.75, 3.05) is 20.3 Å². The number of hydrogen-bond donors (Lipinski definition) is 1. The van der Waals surface area contributed by atoms with Crippen LogP contribution < -0.4 is 5.32 Å². The molecule has 20 heavy (non-hydrogen) atoms. The molecule has 2 rings (SSSR count). The Morgan fingerprint density at radius 3 is 2.60 bits per heavy atom. The molecule has 1 amide bonds. The molecule has 0 aliphatic heterocycles. The van der Waals surface area contributed by atoms with Crippen molar-refractivity contribution in [1.82, 2.24) is 5.32 Å². The molecule has 0 heterocycles. The first-order valence-corrected chi connectivity index (χ1v) is 7.56. The van der Waals surface area contributed by atoms with Gasteiger partial charge in [-0.1, -0.05) is 30.2 Å². The minimum atomic E-state index is -0.255. The third-order valence-corrected chi connectivity index (χ3v) is 4.31. The SMILES string of the molecule is COCC1(C(=O)NCCCc2ccc(Cl)cc2)CCC1.